The predicted molar refractivity (Wildman–Crippen MR) is 188 cm³/mol. The van der Waals surface area contributed by atoms with Crippen molar-refractivity contribution in [2.45, 2.75) is 105 Å². The Balaban J connectivity index is 0.000000193. The molecule has 6 heterocycles. The van der Waals surface area contributed by atoms with E-state index in [-0.39, 0.29) is 12.1 Å². The van der Waals surface area contributed by atoms with Gasteiger partial charge in [0.1, 0.15) is 17.2 Å². The van der Waals surface area contributed by atoms with Gasteiger partial charge < -0.3 is 19.9 Å². The maximum atomic E-state index is 12.7. The van der Waals surface area contributed by atoms with Crippen molar-refractivity contribution < 1.29 is 9.53 Å². The number of carbonyl (C=O) groups is 1. The first kappa shape index (κ1) is 34.4. The molecule has 2 saturated heterocycles. The molecule has 2 atom stereocenters. The number of rotatable bonds is 4. The van der Waals surface area contributed by atoms with Crippen LogP contribution in [-0.4, -0.2) is 87.1 Å². The average molecular weight is 647 g/mol. The highest BCUT2D eigenvalue weighted by Crippen LogP contribution is 2.33. The lowest BCUT2D eigenvalue weighted by atomic mass is 10.00. The molecule has 0 spiro atoms. The fourth-order valence-corrected chi connectivity index (χ4v) is 6.67. The van der Waals surface area contributed by atoms with E-state index in [9.17, 15) is 4.79 Å². The van der Waals surface area contributed by atoms with Gasteiger partial charge in [-0.25, -0.2) is 14.8 Å². The topological polar surface area (TPSA) is 108 Å². The van der Waals surface area contributed by atoms with E-state index in [0.717, 1.165) is 77.1 Å². The Bertz CT molecular complexity index is 1730. The summed E-state index contributed by atoms with van der Waals surface area (Å²) >= 11 is 0. The van der Waals surface area contributed by atoms with E-state index < -0.39 is 5.60 Å². The average Bonchev–Trinajstić information content (AvgIpc) is 3.61. The number of fused-ring (bicyclic) bond motifs is 2. The third kappa shape index (κ3) is 7.32. The van der Waals surface area contributed by atoms with Gasteiger partial charge in [-0.3, -0.25) is 4.90 Å². The van der Waals surface area contributed by atoms with Crippen LogP contribution in [0.4, 0.5) is 16.4 Å². The third-order valence-corrected chi connectivity index (χ3v) is 9.13. The van der Waals surface area contributed by atoms with Crippen LogP contribution in [0.3, 0.4) is 0 Å². The Hall–Kier alpha value is -3.93. The van der Waals surface area contributed by atoms with Gasteiger partial charge in [0.2, 0.25) is 0 Å². The molecule has 0 aromatic carbocycles. The predicted octanol–water partition coefficient (Wildman–Crippen LogP) is 6.10. The number of aryl methyl sites for hydroxylation is 2. The van der Waals surface area contributed by atoms with Crippen molar-refractivity contribution in [1.29, 1.82) is 0 Å². The number of amides is 1. The van der Waals surface area contributed by atoms with E-state index in [1.165, 1.54) is 24.8 Å². The lowest BCUT2D eigenvalue weighted by molar-refractivity contribution is 0.00897. The molecule has 12 heteroatoms. The van der Waals surface area contributed by atoms with Crippen molar-refractivity contribution in [1.82, 2.24) is 39.4 Å². The quantitative estimate of drug-likeness (QED) is 0.281. The SMILES string of the molecule is Cc1nc2cc([C@@H]3CCCCN3)nn2c(N(C)C)c1C.Cc1nc2cc([C@@H]3CCCCN3C(=O)OC(C)(C)C)nn2c(N(C)C)c1C. The molecule has 0 bridgehead atoms. The number of anilines is 2. The van der Waals surface area contributed by atoms with E-state index >= 15 is 0 Å². The first-order valence-corrected chi connectivity index (χ1v) is 17.0. The van der Waals surface area contributed by atoms with Gasteiger partial charge in [-0.2, -0.15) is 19.2 Å². The summed E-state index contributed by atoms with van der Waals surface area (Å²) in [6, 6.07) is 4.43. The van der Waals surface area contributed by atoms with Gasteiger partial charge in [0, 0.05) is 69.4 Å². The summed E-state index contributed by atoms with van der Waals surface area (Å²) < 4.78 is 9.50. The van der Waals surface area contributed by atoms with E-state index in [0.29, 0.717) is 12.6 Å². The molecule has 6 rings (SSSR count). The van der Waals surface area contributed by atoms with Crippen molar-refractivity contribution >= 4 is 29.0 Å². The van der Waals surface area contributed by atoms with Crippen LogP contribution in [0.25, 0.3) is 11.3 Å². The summed E-state index contributed by atoms with van der Waals surface area (Å²) in [5.41, 5.74) is 7.60. The second kappa shape index (κ2) is 13.7. The first-order chi connectivity index (χ1) is 22.2. The maximum absolute atomic E-state index is 12.7. The van der Waals surface area contributed by atoms with E-state index in [2.05, 4.69) is 61.0 Å². The molecule has 2 fully saturated rings. The highest BCUT2D eigenvalue weighted by atomic mass is 16.6. The van der Waals surface area contributed by atoms with Crippen LogP contribution >= 0.6 is 0 Å². The largest absolute Gasteiger partial charge is 0.444 e. The number of nitrogens with zero attached hydrogens (tertiary/aromatic N) is 9. The number of aromatic nitrogens is 6. The lowest BCUT2D eigenvalue weighted by Gasteiger charge is -2.35. The number of nitrogens with one attached hydrogen (secondary N) is 1. The van der Waals surface area contributed by atoms with Gasteiger partial charge in [-0.05, 0) is 87.1 Å². The number of hydrogen-bond acceptors (Lipinski definition) is 9. The summed E-state index contributed by atoms with van der Waals surface area (Å²) in [6.45, 7) is 15.7. The van der Waals surface area contributed by atoms with E-state index in [1.807, 2.05) is 61.8 Å². The number of hydrogen-bond donors (Lipinski definition) is 1. The normalized spacial score (nSPS) is 18.7. The van der Waals surface area contributed by atoms with Crippen LogP contribution in [-0.2, 0) is 4.74 Å². The van der Waals surface area contributed by atoms with Gasteiger partial charge in [0.05, 0.1) is 23.5 Å². The molecule has 2 aliphatic rings. The Morgan fingerprint density at radius 2 is 1.34 bits per heavy atom. The monoisotopic (exact) mass is 646 g/mol. The summed E-state index contributed by atoms with van der Waals surface area (Å²) in [5, 5.41) is 13.2. The van der Waals surface area contributed by atoms with Crippen molar-refractivity contribution in [3.05, 3.63) is 46.0 Å². The van der Waals surface area contributed by atoms with Gasteiger partial charge in [0.25, 0.3) is 0 Å². The van der Waals surface area contributed by atoms with Crippen molar-refractivity contribution in [3.63, 3.8) is 0 Å². The fraction of sp³-hybridized carbons (Fsp3) is 0.629. The summed E-state index contributed by atoms with van der Waals surface area (Å²) in [6.07, 6.45) is 6.39. The molecule has 47 heavy (non-hydrogen) atoms. The molecule has 1 amide bonds. The van der Waals surface area contributed by atoms with Crippen LogP contribution in [0.15, 0.2) is 12.1 Å². The van der Waals surface area contributed by atoms with Crippen molar-refractivity contribution in [2.75, 3.05) is 51.1 Å². The van der Waals surface area contributed by atoms with E-state index in [1.54, 1.807) is 0 Å². The molecule has 12 nitrogen and oxygen atoms in total. The molecule has 2 aliphatic heterocycles. The second-order valence-electron chi connectivity index (χ2n) is 14.4. The Morgan fingerprint density at radius 3 is 1.85 bits per heavy atom. The summed E-state index contributed by atoms with van der Waals surface area (Å²) in [7, 11) is 8.13. The molecule has 0 aliphatic carbocycles. The van der Waals surface area contributed by atoms with Gasteiger partial charge in [-0.15, -0.1) is 0 Å². The van der Waals surface area contributed by atoms with Crippen LogP contribution in [0.5, 0.6) is 0 Å². The molecular weight excluding hydrogens is 592 g/mol. The highest BCUT2D eigenvalue weighted by molar-refractivity contribution is 5.69. The molecule has 0 saturated carbocycles. The molecule has 256 valence electrons. The smallest absolute Gasteiger partial charge is 0.410 e. The zero-order valence-electron chi connectivity index (χ0n) is 30.3. The standard InChI is InChI=1S/C20H31N5O2.C15H23N5/c1-13-14(2)21-17-12-15(22-25(17)18(13)23(6)7)16-10-8-9-11-24(16)19(26)27-20(3,4)5;1-10-11(2)17-14-9-13(12-7-5-6-8-16-12)18-20(14)15(10)19(3)4/h12,16H,8-11H2,1-7H3;9,12,16H,5-8H2,1-4H3/t16-;12-/m00/s1. The van der Waals surface area contributed by atoms with E-state index in [4.69, 9.17) is 19.9 Å². The summed E-state index contributed by atoms with van der Waals surface area (Å²) in [4.78, 5) is 28.1. The molecule has 4 aromatic heterocycles. The van der Waals surface area contributed by atoms with Crippen LogP contribution < -0.4 is 15.1 Å². The number of piperidine rings is 2. The van der Waals surface area contributed by atoms with Crippen molar-refractivity contribution in [2.24, 2.45) is 0 Å². The van der Waals surface area contributed by atoms with Gasteiger partial charge in [-0.1, -0.05) is 6.42 Å². The second-order valence-corrected chi connectivity index (χ2v) is 14.4. The van der Waals surface area contributed by atoms with Gasteiger partial charge in [0.15, 0.2) is 11.3 Å². The molecule has 1 N–H and O–H groups in total. The minimum atomic E-state index is -0.508. The van der Waals surface area contributed by atoms with Crippen LogP contribution in [0, 0.1) is 27.7 Å². The maximum Gasteiger partial charge on any atom is 0.410 e. The van der Waals surface area contributed by atoms with Crippen molar-refractivity contribution in [3.8, 4) is 0 Å². The molecular formula is C35H54N10O2. The minimum Gasteiger partial charge on any atom is -0.444 e. The number of ether oxygens (including phenoxy) is 1. The molecule has 0 radical (unpaired) electrons. The first-order valence-electron chi connectivity index (χ1n) is 17.0. The zero-order chi connectivity index (χ0) is 34.2. The van der Waals surface area contributed by atoms with Gasteiger partial charge >= 0.3 is 6.09 Å². The minimum absolute atomic E-state index is 0.0778. The highest BCUT2D eigenvalue weighted by Gasteiger charge is 2.33. The Kier molecular flexibility index (Phi) is 10.0. The fourth-order valence-electron chi connectivity index (χ4n) is 6.67. The number of likely N-dealkylation sites (tertiary alicyclic amines) is 1. The zero-order valence-corrected chi connectivity index (χ0v) is 30.3. The number of carbonyl (C=O) groups excluding carboxylic acids is 1. The van der Waals surface area contributed by atoms with Crippen LogP contribution in [0.1, 0.15) is 105 Å². The third-order valence-electron chi connectivity index (χ3n) is 9.13. The lowest BCUT2D eigenvalue weighted by Crippen LogP contribution is -2.42. The Morgan fingerprint density at radius 1 is 0.809 bits per heavy atom. The molecule has 4 aromatic rings. The summed E-state index contributed by atoms with van der Waals surface area (Å²) in [5.74, 6) is 2.14. The Labute approximate surface area is 279 Å². The molecule has 0 unspecified atom stereocenters. The van der Waals surface area contributed by atoms with Crippen LogP contribution in [0.2, 0.25) is 0 Å².